The molecular formula is C16H17NO3. The van der Waals surface area contributed by atoms with Crippen molar-refractivity contribution in [2.24, 2.45) is 0 Å². The van der Waals surface area contributed by atoms with Crippen molar-refractivity contribution in [2.45, 2.75) is 13.3 Å². The van der Waals surface area contributed by atoms with Crippen LogP contribution in [0.1, 0.15) is 23.7 Å². The summed E-state index contributed by atoms with van der Waals surface area (Å²) < 4.78 is 0. The summed E-state index contributed by atoms with van der Waals surface area (Å²) in [6.45, 7) is 2.58. The lowest BCUT2D eigenvalue weighted by Gasteiger charge is -2.20. The second-order valence-electron chi connectivity index (χ2n) is 4.56. The van der Waals surface area contributed by atoms with Crippen LogP contribution in [0.2, 0.25) is 0 Å². The smallest absolute Gasteiger partial charge is 0.305 e. The fraction of sp³-hybridized carbons (Fsp3) is 0.250. The van der Waals surface area contributed by atoms with E-state index in [1.54, 1.807) is 11.0 Å². The van der Waals surface area contributed by atoms with Crippen LogP contribution in [-0.2, 0) is 4.79 Å². The predicted molar refractivity (Wildman–Crippen MR) is 77.8 cm³/mol. The van der Waals surface area contributed by atoms with Crippen molar-refractivity contribution in [3.05, 3.63) is 48.0 Å². The highest BCUT2D eigenvalue weighted by molar-refractivity contribution is 6.07. The summed E-state index contributed by atoms with van der Waals surface area (Å²) in [6, 6.07) is 13.3. The molecule has 2 rings (SSSR count). The number of amides is 1. The third kappa shape index (κ3) is 2.96. The highest BCUT2D eigenvalue weighted by Gasteiger charge is 2.17. The quantitative estimate of drug-likeness (QED) is 0.909. The van der Waals surface area contributed by atoms with E-state index in [9.17, 15) is 9.59 Å². The van der Waals surface area contributed by atoms with Gasteiger partial charge in [0.2, 0.25) is 0 Å². The number of nitrogens with zero attached hydrogens (tertiary/aromatic N) is 1. The number of carboxylic acids is 1. The van der Waals surface area contributed by atoms with Crippen LogP contribution < -0.4 is 0 Å². The van der Waals surface area contributed by atoms with E-state index in [-0.39, 0.29) is 18.9 Å². The van der Waals surface area contributed by atoms with Gasteiger partial charge in [-0.25, -0.2) is 0 Å². The van der Waals surface area contributed by atoms with Crippen molar-refractivity contribution in [1.82, 2.24) is 4.90 Å². The summed E-state index contributed by atoms with van der Waals surface area (Å²) in [7, 11) is 0. The molecule has 2 aromatic carbocycles. The van der Waals surface area contributed by atoms with E-state index >= 15 is 0 Å². The van der Waals surface area contributed by atoms with Gasteiger partial charge in [-0.05, 0) is 23.8 Å². The third-order valence-electron chi connectivity index (χ3n) is 3.28. The zero-order chi connectivity index (χ0) is 14.5. The van der Waals surface area contributed by atoms with E-state index in [1.165, 1.54) is 0 Å². The van der Waals surface area contributed by atoms with Gasteiger partial charge >= 0.3 is 5.97 Å². The average Bonchev–Trinajstić information content (AvgIpc) is 2.46. The fourth-order valence-electron chi connectivity index (χ4n) is 2.22. The SMILES string of the molecule is CCN(CCC(=O)O)C(=O)c1cccc2ccccc12. The van der Waals surface area contributed by atoms with Gasteiger partial charge < -0.3 is 10.0 Å². The Labute approximate surface area is 117 Å². The van der Waals surface area contributed by atoms with Crippen LogP contribution in [0.25, 0.3) is 10.8 Å². The summed E-state index contributed by atoms with van der Waals surface area (Å²) in [5, 5.41) is 10.6. The van der Waals surface area contributed by atoms with Crippen LogP contribution in [0.3, 0.4) is 0 Å². The molecule has 0 aromatic heterocycles. The van der Waals surface area contributed by atoms with Crippen LogP contribution in [0.5, 0.6) is 0 Å². The summed E-state index contributed by atoms with van der Waals surface area (Å²) in [5.41, 5.74) is 0.621. The normalized spacial score (nSPS) is 10.4. The van der Waals surface area contributed by atoms with Crippen molar-refractivity contribution in [1.29, 1.82) is 0 Å². The number of benzene rings is 2. The Kier molecular flexibility index (Phi) is 4.35. The van der Waals surface area contributed by atoms with Crippen LogP contribution in [0.4, 0.5) is 0 Å². The van der Waals surface area contributed by atoms with Gasteiger partial charge in [0.25, 0.3) is 5.91 Å². The van der Waals surface area contributed by atoms with E-state index < -0.39 is 5.97 Å². The van der Waals surface area contributed by atoms with Gasteiger partial charge in [0.05, 0.1) is 6.42 Å². The maximum atomic E-state index is 12.5. The summed E-state index contributed by atoms with van der Waals surface area (Å²) in [5.74, 6) is -1.01. The Morgan fingerprint density at radius 3 is 2.50 bits per heavy atom. The molecule has 1 N–H and O–H groups in total. The first kappa shape index (κ1) is 14.1. The number of carbonyl (C=O) groups is 2. The standard InChI is InChI=1S/C16H17NO3/c1-2-17(11-10-15(18)19)16(20)14-9-5-7-12-6-3-4-8-13(12)14/h3-9H,2,10-11H2,1H3,(H,18,19). The summed E-state index contributed by atoms with van der Waals surface area (Å²) in [6.07, 6.45) is -0.0374. The number of hydrogen-bond donors (Lipinski definition) is 1. The molecule has 0 unspecified atom stereocenters. The molecule has 0 bridgehead atoms. The van der Waals surface area contributed by atoms with Crippen molar-refractivity contribution < 1.29 is 14.7 Å². The Hall–Kier alpha value is -2.36. The molecule has 2 aromatic rings. The first-order valence-electron chi connectivity index (χ1n) is 6.62. The first-order valence-corrected chi connectivity index (χ1v) is 6.62. The molecule has 0 heterocycles. The molecule has 1 amide bonds. The van der Waals surface area contributed by atoms with Crippen molar-refractivity contribution in [3.8, 4) is 0 Å². The van der Waals surface area contributed by atoms with Gasteiger partial charge in [0.15, 0.2) is 0 Å². The number of fused-ring (bicyclic) bond motifs is 1. The number of carboxylic acid groups (broad SMARTS) is 1. The molecule has 20 heavy (non-hydrogen) atoms. The highest BCUT2D eigenvalue weighted by atomic mass is 16.4. The fourth-order valence-corrected chi connectivity index (χ4v) is 2.22. The zero-order valence-electron chi connectivity index (χ0n) is 11.4. The van der Waals surface area contributed by atoms with Crippen molar-refractivity contribution in [2.75, 3.05) is 13.1 Å². The minimum atomic E-state index is -0.894. The molecule has 4 heteroatoms. The highest BCUT2D eigenvalue weighted by Crippen LogP contribution is 2.20. The van der Waals surface area contributed by atoms with E-state index in [1.807, 2.05) is 43.3 Å². The van der Waals surface area contributed by atoms with E-state index in [0.717, 1.165) is 10.8 Å². The lowest BCUT2D eigenvalue weighted by Crippen LogP contribution is -2.32. The lowest BCUT2D eigenvalue weighted by atomic mass is 10.0. The van der Waals surface area contributed by atoms with Gasteiger partial charge in [0, 0.05) is 18.7 Å². The van der Waals surface area contributed by atoms with E-state index in [2.05, 4.69) is 0 Å². The molecule has 0 spiro atoms. The maximum absolute atomic E-state index is 12.5. The molecule has 104 valence electrons. The third-order valence-corrected chi connectivity index (χ3v) is 3.28. The molecule has 0 aliphatic heterocycles. The summed E-state index contributed by atoms with van der Waals surface area (Å²) in [4.78, 5) is 24.8. The Balaban J connectivity index is 2.32. The topological polar surface area (TPSA) is 57.6 Å². The molecule has 0 fully saturated rings. The van der Waals surface area contributed by atoms with Crippen LogP contribution >= 0.6 is 0 Å². The van der Waals surface area contributed by atoms with Crippen LogP contribution in [-0.4, -0.2) is 35.0 Å². The van der Waals surface area contributed by atoms with Gasteiger partial charge in [-0.1, -0.05) is 36.4 Å². The monoisotopic (exact) mass is 271 g/mol. The second kappa shape index (κ2) is 6.19. The minimum absolute atomic E-state index is 0.0374. The molecule has 0 aliphatic rings. The van der Waals surface area contributed by atoms with E-state index in [4.69, 9.17) is 5.11 Å². The molecule has 4 nitrogen and oxygen atoms in total. The zero-order valence-corrected chi connectivity index (χ0v) is 11.4. The van der Waals surface area contributed by atoms with Crippen LogP contribution in [0.15, 0.2) is 42.5 Å². The second-order valence-corrected chi connectivity index (χ2v) is 4.56. The largest absolute Gasteiger partial charge is 0.481 e. The number of aliphatic carboxylic acids is 1. The Morgan fingerprint density at radius 2 is 1.80 bits per heavy atom. The first-order chi connectivity index (χ1) is 9.63. The van der Waals surface area contributed by atoms with Gasteiger partial charge in [-0.15, -0.1) is 0 Å². The number of hydrogen-bond acceptors (Lipinski definition) is 2. The molecule has 0 saturated carbocycles. The maximum Gasteiger partial charge on any atom is 0.305 e. The van der Waals surface area contributed by atoms with Gasteiger partial charge in [-0.2, -0.15) is 0 Å². The van der Waals surface area contributed by atoms with Gasteiger partial charge in [-0.3, -0.25) is 9.59 Å². The summed E-state index contributed by atoms with van der Waals surface area (Å²) >= 11 is 0. The minimum Gasteiger partial charge on any atom is -0.481 e. The Bertz CT molecular complexity index is 631. The Morgan fingerprint density at radius 1 is 1.10 bits per heavy atom. The van der Waals surface area contributed by atoms with E-state index in [0.29, 0.717) is 12.1 Å². The molecule has 0 saturated heterocycles. The predicted octanol–water partition coefficient (Wildman–Crippen LogP) is 2.78. The number of carbonyl (C=O) groups excluding carboxylic acids is 1. The molecule has 0 aliphatic carbocycles. The number of rotatable bonds is 5. The molecule has 0 atom stereocenters. The van der Waals surface area contributed by atoms with Crippen molar-refractivity contribution in [3.63, 3.8) is 0 Å². The lowest BCUT2D eigenvalue weighted by molar-refractivity contribution is -0.137. The van der Waals surface area contributed by atoms with Gasteiger partial charge in [0.1, 0.15) is 0 Å². The average molecular weight is 271 g/mol. The molecule has 0 radical (unpaired) electrons. The van der Waals surface area contributed by atoms with Crippen molar-refractivity contribution >= 4 is 22.6 Å². The molecular weight excluding hydrogens is 254 g/mol. The van der Waals surface area contributed by atoms with Crippen LogP contribution in [0, 0.1) is 0 Å².